The van der Waals surface area contributed by atoms with Crippen molar-refractivity contribution in [3.63, 3.8) is 0 Å². The Morgan fingerprint density at radius 3 is 2.29 bits per heavy atom. The summed E-state index contributed by atoms with van der Waals surface area (Å²) in [5.74, 6) is 0.467. The molecule has 4 heteroatoms. The number of rotatable bonds is 8. The highest BCUT2D eigenvalue weighted by atomic mass is 16.5. The van der Waals surface area contributed by atoms with E-state index < -0.39 is 0 Å². The van der Waals surface area contributed by atoms with Crippen LogP contribution in [0.2, 0.25) is 0 Å². The van der Waals surface area contributed by atoms with Crippen molar-refractivity contribution in [2.45, 2.75) is 27.2 Å². The van der Waals surface area contributed by atoms with E-state index in [1.54, 1.807) is 6.07 Å². The van der Waals surface area contributed by atoms with Crippen LogP contribution in [0.15, 0.2) is 48.5 Å². The maximum atomic E-state index is 12.5. The number of carbonyl (C=O) groups is 1. The fraction of sp³-hybridized carbons (Fsp3) is 0.350. The predicted octanol–water partition coefficient (Wildman–Crippen LogP) is 4.57. The summed E-state index contributed by atoms with van der Waals surface area (Å²) < 4.78 is 5.66. The fourth-order valence-corrected chi connectivity index (χ4v) is 2.53. The molecule has 0 aliphatic rings. The minimum Gasteiger partial charge on any atom is -0.493 e. The van der Waals surface area contributed by atoms with Crippen molar-refractivity contribution < 1.29 is 9.53 Å². The molecule has 0 aliphatic carbocycles. The second-order valence-corrected chi connectivity index (χ2v) is 5.52. The van der Waals surface area contributed by atoms with Gasteiger partial charge in [0.1, 0.15) is 5.75 Å². The summed E-state index contributed by atoms with van der Waals surface area (Å²) in [6.07, 6.45) is 0.906. The minimum absolute atomic E-state index is 0.155. The molecule has 0 aromatic heterocycles. The molecule has 0 fully saturated rings. The van der Waals surface area contributed by atoms with Crippen LogP contribution < -0.4 is 15.0 Å². The quantitative estimate of drug-likeness (QED) is 0.772. The lowest BCUT2D eigenvalue weighted by Crippen LogP contribution is -2.21. The van der Waals surface area contributed by atoms with Gasteiger partial charge < -0.3 is 15.0 Å². The Labute approximate surface area is 144 Å². The topological polar surface area (TPSA) is 41.6 Å². The van der Waals surface area contributed by atoms with Crippen LogP contribution in [0.25, 0.3) is 0 Å². The summed E-state index contributed by atoms with van der Waals surface area (Å²) >= 11 is 0. The zero-order valence-electron chi connectivity index (χ0n) is 14.7. The highest BCUT2D eigenvalue weighted by Gasteiger charge is 2.12. The van der Waals surface area contributed by atoms with Gasteiger partial charge in [-0.25, -0.2) is 0 Å². The second kappa shape index (κ2) is 8.96. The monoisotopic (exact) mass is 326 g/mol. The molecule has 0 atom stereocenters. The van der Waals surface area contributed by atoms with Crippen molar-refractivity contribution >= 4 is 17.3 Å². The number of hydrogen-bond donors (Lipinski definition) is 1. The molecule has 0 spiro atoms. The van der Waals surface area contributed by atoms with Crippen molar-refractivity contribution in [2.24, 2.45) is 0 Å². The summed E-state index contributed by atoms with van der Waals surface area (Å²) in [5, 5.41) is 2.94. The third kappa shape index (κ3) is 4.51. The zero-order chi connectivity index (χ0) is 17.4. The molecule has 2 aromatic carbocycles. The van der Waals surface area contributed by atoms with Gasteiger partial charge in [-0.1, -0.05) is 19.1 Å². The standard InChI is InChI=1S/C20H26N2O2/c1-4-15-24-19-10-8-7-9-18(19)20(23)21-16-11-13-17(14-12-16)22(5-2)6-3/h7-14H,4-6,15H2,1-3H3,(H,21,23). The number of ether oxygens (including phenoxy) is 1. The number of amides is 1. The average molecular weight is 326 g/mol. The van der Waals surface area contributed by atoms with Crippen LogP contribution in [0, 0.1) is 0 Å². The first-order valence-electron chi connectivity index (χ1n) is 8.57. The Kier molecular flexibility index (Phi) is 6.67. The maximum Gasteiger partial charge on any atom is 0.259 e. The normalized spacial score (nSPS) is 10.3. The zero-order valence-corrected chi connectivity index (χ0v) is 14.7. The van der Waals surface area contributed by atoms with E-state index in [2.05, 4.69) is 24.1 Å². The van der Waals surface area contributed by atoms with Gasteiger partial charge in [0.25, 0.3) is 5.91 Å². The van der Waals surface area contributed by atoms with Gasteiger partial charge >= 0.3 is 0 Å². The molecule has 2 rings (SSSR count). The first-order valence-corrected chi connectivity index (χ1v) is 8.57. The first-order chi connectivity index (χ1) is 11.7. The number of benzene rings is 2. The van der Waals surface area contributed by atoms with Crippen LogP contribution in [-0.4, -0.2) is 25.6 Å². The van der Waals surface area contributed by atoms with E-state index in [1.165, 1.54) is 0 Å². The van der Waals surface area contributed by atoms with Crippen LogP contribution in [-0.2, 0) is 0 Å². The highest BCUT2D eigenvalue weighted by Crippen LogP contribution is 2.22. The van der Waals surface area contributed by atoms with E-state index in [0.29, 0.717) is 17.9 Å². The average Bonchev–Trinajstić information content (AvgIpc) is 2.62. The van der Waals surface area contributed by atoms with E-state index in [0.717, 1.165) is 30.9 Å². The van der Waals surface area contributed by atoms with E-state index in [1.807, 2.05) is 49.4 Å². The summed E-state index contributed by atoms with van der Waals surface area (Å²) in [5.41, 5.74) is 2.49. The van der Waals surface area contributed by atoms with Gasteiger partial charge in [0.2, 0.25) is 0 Å². The molecule has 0 aliphatic heterocycles. The number of para-hydroxylation sites is 1. The SMILES string of the molecule is CCCOc1ccccc1C(=O)Nc1ccc(N(CC)CC)cc1. The molecule has 128 valence electrons. The Bertz CT molecular complexity index is 649. The van der Waals surface area contributed by atoms with Gasteiger partial charge in [0, 0.05) is 24.5 Å². The fourth-order valence-electron chi connectivity index (χ4n) is 2.53. The molecule has 0 saturated heterocycles. The number of anilines is 2. The van der Waals surface area contributed by atoms with Crippen molar-refractivity contribution in [2.75, 3.05) is 29.9 Å². The molecular formula is C20H26N2O2. The molecular weight excluding hydrogens is 300 g/mol. The third-order valence-electron chi connectivity index (χ3n) is 3.85. The molecule has 2 aromatic rings. The van der Waals surface area contributed by atoms with Crippen LogP contribution in [0.1, 0.15) is 37.6 Å². The molecule has 1 N–H and O–H groups in total. The Balaban J connectivity index is 2.10. The molecule has 4 nitrogen and oxygen atoms in total. The third-order valence-corrected chi connectivity index (χ3v) is 3.85. The summed E-state index contributed by atoms with van der Waals surface area (Å²) in [6.45, 7) is 8.83. The minimum atomic E-state index is -0.155. The van der Waals surface area contributed by atoms with E-state index in [9.17, 15) is 4.79 Å². The molecule has 24 heavy (non-hydrogen) atoms. The molecule has 0 bridgehead atoms. The van der Waals surface area contributed by atoms with Gasteiger partial charge in [0.15, 0.2) is 0 Å². The second-order valence-electron chi connectivity index (χ2n) is 5.52. The maximum absolute atomic E-state index is 12.5. The van der Waals surface area contributed by atoms with Crippen LogP contribution in [0.4, 0.5) is 11.4 Å². The van der Waals surface area contributed by atoms with E-state index in [-0.39, 0.29) is 5.91 Å². The smallest absolute Gasteiger partial charge is 0.259 e. The predicted molar refractivity (Wildman–Crippen MR) is 100 cm³/mol. The van der Waals surface area contributed by atoms with Crippen LogP contribution in [0.5, 0.6) is 5.75 Å². The highest BCUT2D eigenvalue weighted by molar-refractivity contribution is 6.06. The summed E-state index contributed by atoms with van der Waals surface area (Å²) in [7, 11) is 0. The Morgan fingerprint density at radius 1 is 1.00 bits per heavy atom. The number of nitrogens with one attached hydrogen (secondary N) is 1. The van der Waals surface area contributed by atoms with Gasteiger partial charge in [-0.2, -0.15) is 0 Å². The lowest BCUT2D eigenvalue weighted by atomic mass is 10.1. The lowest BCUT2D eigenvalue weighted by Gasteiger charge is -2.21. The van der Waals surface area contributed by atoms with Gasteiger partial charge in [-0.3, -0.25) is 4.79 Å². The summed E-state index contributed by atoms with van der Waals surface area (Å²) in [4.78, 5) is 14.8. The number of nitrogens with zero attached hydrogens (tertiary/aromatic N) is 1. The van der Waals surface area contributed by atoms with E-state index in [4.69, 9.17) is 4.74 Å². The Hall–Kier alpha value is -2.49. The Morgan fingerprint density at radius 2 is 1.67 bits per heavy atom. The van der Waals surface area contributed by atoms with E-state index >= 15 is 0 Å². The van der Waals surface area contributed by atoms with Crippen molar-refractivity contribution in [1.29, 1.82) is 0 Å². The molecule has 0 unspecified atom stereocenters. The van der Waals surface area contributed by atoms with Crippen molar-refractivity contribution in [3.8, 4) is 5.75 Å². The number of hydrogen-bond acceptors (Lipinski definition) is 3. The summed E-state index contributed by atoms with van der Waals surface area (Å²) in [6, 6.07) is 15.3. The number of carbonyl (C=O) groups excluding carboxylic acids is 1. The van der Waals surface area contributed by atoms with Crippen LogP contribution in [0.3, 0.4) is 0 Å². The molecule has 1 amide bonds. The van der Waals surface area contributed by atoms with Gasteiger partial charge in [0.05, 0.1) is 12.2 Å². The van der Waals surface area contributed by atoms with Crippen molar-refractivity contribution in [1.82, 2.24) is 0 Å². The molecule has 0 radical (unpaired) electrons. The molecule has 0 saturated carbocycles. The first kappa shape index (κ1) is 17.9. The van der Waals surface area contributed by atoms with Gasteiger partial charge in [-0.05, 0) is 56.7 Å². The van der Waals surface area contributed by atoms with Crippen LogP contribution >= 0.6 is 0 Å². The lowest BCUT2D eigenvalue weighted by molar-refractivity contribution is 0.102. The van der Waals surface area contributed by atoms with Crippen molar-refractivity contribution in [3.05, 3.63) is 54.1 Å². The largest absolute Gasteiger partial charge is 0.493 e. The molecule has 0 heterocycles. The van der Waals surface area contributed by atoms with Gasteiger partial charge in [-0.15, -0.1) is 0 Å².